The van der Waals surface area contributed by atoms with Gasteiger partial charge in [0.05, 0.1) is 21.6 Å². The number of nitrogens with one attached hydrogen (secondary N) is 1. The lowest BCUT2D eigenvalue weighted by Crippen LogP contribution is -2.44. The summed E-state index contributed by atoms with van der Waals surface area (Å²) in [6, 6.07) is 4.75. The Morgan fingerprint density at radius 1 is 1.21 bits per heavy atom. The van der Waals surface area contributed by atoms with Crippen LogP contribution in [0.3, 0.4) is 0 Å². The van der Waals surface area contributed by atoms with Gasteiger partial charge in [-0.3, -0.25) is 4.79 Å². The van der Waals surface area contributed by atoms with E-state index >= 15 is 4.39 Å². The lowest BCUT2D eigenvalue weighted by Gasteiger charge is -2.37. The van der Waals surface area contributed by atoms with Crippen molar-refractivity contribution < 1.29 is 23.1 Å². The first-order valence-corrected chi connectivity index (χ1v) is 11.5. The van der Waals surface area contributed by atoms with Gasteiger partial charge in [-0.15, -0.1) is 0 Å². The number of anilines is 1. The van der Waals surface area contributed by atoms with Crippen molar-refractivity contribution >= 4 is 34.3 Å². The van der Waals surface area contributed by atoms with Crippen LogP contribution in [0.25, 0.3) is 10.9 Å². The molecule has 1 unspecified atom stereocenters. The van der Waals surface area contributed by atoms with Gasteiger partial charge >= 0.3 is 5.97 Å². The fourth-order valence-corrected chi connectivity index (χ4v) is 5.91. The first kappa shape index (κ1) is 21.8. The SMILES string of the molecule is CCc1c(F)c(N2CCNCC2)cc2c1c(=O)c(C(=O)O)c1n2C(c2ccc(F)cc2F)S1. The number of aromatic carboxylic acids is 1. The molecule has 0 radical (unpaired) electrons. The average molecular weight is 475 g/mol. The number of carboxylic acid groups (broad SMARTS) is 1. The number of halogens is 3. The molecule has 172 valence electrons. The Labute approximate surface area is 191 Å². The summed E-state index contributed by atoms with van der Waals surface area (Å²) in [5.74, 6) is -3.47. The van der Waals surface area contributed by atoms with Crippen molar-refractivity contribution in [3.8, 4) is 0 Å². The van der Waals surface area contributed by atoms with Gasteiger partial charge in [0.1, 0.15) is 22.6 Å². The Bertz CT molecular complexity index is 1370. The molecule has 1 fully saturated rings. The fourth-order valence-electron chi connectivity index (χ4n) is 4.60. The topological polar surface area (TPSA) is 74.6 Å². The molecule has 10 heteroatoms. The van der Waals surface area contributed by atoms with E-state index in [4.69, 9.17) is 0 Å². The molecule has 2 N–H and O–H groups in total. The first-order valence-electron chi connectivity index (χ1n) is 10.6. The van der Waals surface area contributed by atoms with E-state index in [1.807, 2.05) is 4.90 Å². The summed E-state index contributed by atoms with van der Waals surface area (Å²) in [4.78, 5) is 27.1. The van der Waals surface area contributed by atoms with Gasteiger partial charge < -0.3 is 19.9 Å². The summed E-state index contributed by atoms with van der Waals surface area (Å²) in [5.41, 5.74) is -0.250. The van der Waals surface area contributed by atoms with Gasteiger partial charge in [-0.1, -0.05) is 24.8 Å². The molecule has 0 aliphatic carbocycles. The van der Waals surface area contributed by atoms with Crippen molar-refractivity contribution in [2.45, 2.75) is 23.7 Å². The monoisotopic (exact) mass is 475 g/mol. The van der Waals surface area contributed by atoms with Gasteiger partial charge in [-0.2, -0.15) is 0 Å². The molecular weight excluding hydrogens is 455 g/mol. The Kier molecular flexibility index (Phi) is 5.37. The van der Waals surface area contributed by atoms with E-state index in [1.165, 1.54) is 6.07 Å². The van der Waals surface area contributed by atoms with Gasteiger partial charge in [-0.05, 0) is 18.6 Å². The Hall–Kier alpha value is -2.98. The molecule has 6 nitrogen and oxygen atoms in total. The highest BCUT2D eigenvalue weighted by atomic mass is 32.2. The second-order valence-electron chi connectivity index (χ2n) is 7.99. The summed E-state index contributed by atoms with van der Waals surface area (Å²) in [7, 11) is 0. The number of rotatable bonds is 4. The number of benzene rings is 2. The first-order chi connectivity index (χ1) is 15.8. The molecule has 33 heavy (non-hydrogen) atoms. The number of hydrogen-bond acceptors (Lipinski definition) is 5. The number of nitrogens with zero attached hydrogens (tertiary/aromatic N) is 2. The second-order valence-corrected chi connectivity index (χ2v) is 9.06. The molecular formula is C23H20F3N3O3S. The number of aryl methyl sites for hydroxylation is 1. The molecule has 1 atom stereocenters. The van der Waals surface area contributed by atoms with Crippen molar-refractivity contribution in [1.29, 1.82) is 0 Å². The Morgan fingerprint density at radius 2 is 1.94 bits per heavy atom. The van der Waals surface area contributed by atoms with Crippen LogP contribution in [0.15, 0.2) is 34.1 Å². The maximum Gasteiger partial charge on any atom is 0.342 e. The van der Waals surface area contributed by atoms with Gasteiger partial charge in [-0.25, -0.2) is 18.0 Å². The molecule has 3 heterocycles. The van der Waals surface area contributed by atoms with Crippen molar-refractivity contribution in [2.75, 3.05) is 31.1 Å². The summed E-state index contributed by atoms with van der Waals surface area (Å²) in [6.07, 6.45) is 0.179. The molecule has 0 bridgehead atoms. The lowest BCUT2D eigenvalue weighted by atomic mass is 10.00. The van der Waals surface area contributed by atoms with Crippen LogP contribution < -0.4 is 15.6 Å². The quantitative estimate of drug-likeness (QED) is 0.599. The summed E-state index contributed by atoms with van der Waals surface area (Å²) in [5, 5.41) is 12.4. The number of piperazine rings is 1. The molecule has 2 aliphatic heterocycles. The minimum absolute atomic E-state index is 0.0112. The summed E-state index contributed by atoms with van der Waals surface area (Å²) in [6.45, 7) is 4.19. The zero-order chi connectivity index (χ0) is 23.4. The second kappa shape index (κ2) is 8.11. The third-order valence-corrected chi connectivity index (χ3v) is 7.49. The van der Waals surface area contributed by atoms with E-state index in [-0.39, 0.29) is 28.0 Å². The number of fused-ring (bicyclic) bond motifs is 3. The highest BCUT2D eigenvalue weighted by Crippen LogP contribution is 2.51. The third kappa shape index (κ3) is 3.31. The standard InChI is InChI=1S/C23H20F3N3O3S/c1-2-12-17-15(10-16(19(12)26)28-7-5-27-6-8-28)29-21(13-4-3-11(24)9-14(13)25)33-22(29)18(20(17)30)23(31)32/h3-4,9-10,21,27H,2,5-8H2,1H3,(H,31,32). The van der Waals surface area contributed by atoms with Crippen LogP contribution in [-0.4, -0.2) is 41.8 Å². The van der Waals surface area contributed by atoms with Gasteiger partial charge in [0, 0.05) is 43.4 Å². The minimum atomic E-state index is -1.43. The summed E-state index contributed by atoms with van der Waals surface area (Å²) < 4.78 is 45.3. The maximum absolute atomic E-state index is 15.6. The number of thioether (sulfide) groups is 1. The van der Waals surface area contributed by atoms with Crippen LogP contribution in [-0.2, 0) is 6.42 Å². The van der Waals surface area contributed by atoms with Crippen molar-refractivity contribution in [3.05, 3.63) is 68.6 Å². The predicted molar refractivity (Wildman–Crippen MR) is 120 cm³/mol. The van der Waals surface area contributed by atoms with Crippen LogP contribution in [0.2, 0.25) is 0 Å². The molecule has 2 aliphatic rings. The van der Waals surface area contributed by atoms with Crippen LogP contribution in [0, 0.1) is 17.5 Å². The number of carbonyl (C=O) groups is 1. The lowest BCUT2D eigenvalue weighted by molar-refractivity contribution is 0.0689. The highest BCUT2D eigenvalue weighted by molar-refractivity contribution is 8.00. The molecule has 2 aromatic carbocycles. The van der Waals surface area contributed by atoms with E-state index in [0.29, 0.717) is 37.4 Å². The zero-order valence-corrected chi connectivity index (χ0v) is 18.4. The number of hydrogen-bond donors (Lipinski definition) is 2. The zero-order valence-electron chi connectivity index (χ0n) is 17.6. The molecule has 1 saturated heterocycles. The predicted octanol–water partition coefficient (Wildman–Crippen LogP) is 3.74. The van der Waals surface area contributed by atoms with Crippen molar-refractivity contribution in [2.24, 2.45) is 0 Å². The fraction of sp³-hybridized carbons (Fsp3) is 0.304. The smallest absolute Gasteiger partial charge is 0.342 e. The largest absolute Gasteiger partial charge is 0.477 e. The van der Waals surface area contributed by atoms with Gasteiger partial charge in [0.2, 0.25) is 5.43 Å². The molecule has 3 aromatic rings. The van der Waals surface area contributed by atoms with Crippen LogP contribution in [0.1, 0.15) is 33.8 Å². The Balaban J connectivity index is 1.84. The van der Waals surface area contributed by atoms with Crippen LogP contribution in [0.4, 0.5) is 18.9 Å². The third-order valence-electron chi connectivity index (χ3n) is 6.18. The molecule has 0 amide bonds. The van der Waals surface area contributed by atoms with Crippen molar-refractivity contribution in [1.82, 2.24) is 9.88 Å². The normalized spacial score (nSPS) is 17.7. The van der Waals surface area contributed by atoms with E-state index < -0.39 is 39.8 Å². The number of aromatic nitrogens is 1. The minimum Gasteiger partial charge on any atom is -0.477 e. The molecule has 5 rings (SSSR count). The molecule has 1 aromatic heterocycles. The van der Waals surface area contributed by atoms with Gasteiger partial charge in [0.25, 0.3) is 0 Å². The highest BCUT2D eigenvalue weighted by Gasteiger charge is 2.38. The van der Waals surface area contributed by atoms with E-state index in [1.54, 1.807) is 17.6 Å². The summed E-state index contributed by atoms with van der Waals surface area (Å²) >= 11 is 1.02. The Morgan fingerprint density at radius 3 is 2.58 bits per heavy atom. The number of carboxylic acids is 1. The van der Waals surface area contributed by atoms with E-state index in [0.717, 1.165) is 23.9 Å². The van der Waals surface area contributed by atoms with E-state index in [2.05, 4.69) is 5.32 Å². The average Bonchev–Trinajstić information content (AvgIpc) is 2.77. The van der Waals surface area contributed by atoms with Crippen LogP contribution >= 0.6 is 11.8 Å². The maximum atomic E-state index is 15.6. The van der Waals surface area contributed by atoms with Crippen LogP contribution in [0.5, 0.6) is 0 Å². The number of pyridine rings is 1. The van der Waals surface area contributed by atoms with Crippen molar-refractivity contribution in [3.63, 3.8) is 0 Å². The van der Waals surface area contributed by atoms with E-state index in [9.17, 15) is 23.5 Å². The van der Waals surface area contributed by atoms with Gasteiger partial charge in [0.15, 0.2) is 5.82 Å². The molecule has 0 spiro atoms. The molecule has 0 saturated carbocycles.